The van der Waals surface area contributed by atoms with Crippen LogP contribution in [0, 0.1) is 37.0 Å². The van der Waals surface area contributed by atoms with E-state index in [1.54, 1.807) is 0 Å². The predicted molar refractivity (Wildman–Crippen MR) is 120 cm³/mol. The van der Waals surface area contributed by atoms with Crippen molar-refractivity contribution in [3.05, 3.63) is 29.3 Å². The van der Waals surface area contributed by atoms with Crippen LogP contribution in [-0.2, 0) is 9.59 Å². The molecule has 5 fully saturated rings. The molecule has 2 amide bonds. The molecule has 0 atom stereocenters. The van der Waals surface area contributed by atoms with Crippen LogP contribution in [0.25, 0.3) is 0 Å². The van der Waals surface area contributed by atoms with Gasteiger partial charge in [-0.05, 0) is 94.6 Å². The minimum Gasteiger partial charge on any atom is -0.484 e. The number of ether oxygens (including phenoxy) is 1. The van der Waals surface area contributed by atoms with Gasteiger partial charge in [-0.15, -0.1) is 0 Å². The van der Waals surface area contributed by atoms with Gasteiger partial charge in [0.25, 0.3) is 5.91 Å². The van der Waals surface area contributed by atoms with Crippen LogP contribution in [0.3, 0.4) is 0 Å². The number of piperidine rings is 1. The van der Waals surface area contributed by atoms with Crippen molar-refractivity contribution in [1.82, 2.24) is 10.2 Å². The van der Waals surface area contributed by atoms with E-state index in [1.807, 2.05) is 26.0 Å². The van der Waals surface area contributed by atoms with E-state index in [0.29, 0.717) is 5.91 Å². The van der Waals surface area contributed by atoms with Crippen molar-refractivity contribution >= 4 is 11.8 Å². The first kappa shape index (κ1) is 20.8. The van der Waals surface area contributed by atoms with E-state index in [9.17, 15) is 9.59 Å². The fourth-order valence-corrected chi connectivity index (χ4v) is 7.31. The molecule has 31 heavy (non-hydrogen) atoms. The van der Waals surface area contributed by atoms with Gasteiger partial charge in [-0.3, -0.25) is 9.59 Å². The first-order valence-corrected chi connectivity index (χ1v) is 12.2. The Morgan fingerprint density at radius 1 is 1.03 bits per heavy atom. The first-order chi connectivity index (χ1) is 14.9. The fourth-order valence-electron chi connectivity index (χ4n) is 7.31. The summed E-state index contributed by atoms with van der Waals surface area (Å²) in [5.74, 6) is 3.50. The Kier molecular flexibility index (Phi) is 5.47. The van der Waals surface area contributed by atoms with E-state index < -0.39 is 0 Å². The summed E-state index contributed by atoms with van der Waals surface area (Å²) in [7, 11) is 0. The van der Waals surface area contributed by atoms with Gasteiger partial charge >= 0.3 is 0 Å². The zero-order valence-electron chi connectivity index (χ0n) is 19.0. The first-order valence-electron chi connectivity index (χ1n) is 12.2. The molecule has 1 aromatic carbocycles. The van der Waals surface area contributed by atoms with Gasteiger partial charge in [0.05, 0.1) is 5.41 Å². The number of nitrogens with one attached hydrogen (secondary N) is 1. The van der Waals surface area contributed by atoms with Gasteiger partial charge in [-0.2, -0.15) is 0 Å². The van der Waals surface area contributed by atoms with Crippen LogP contribution in [0.15, 0.2) is 18.2 Å². The monoisotopic (exact) mass is 424 g/mol. The maximum Gasteiger partial charge on any atom is 0.258 e. The van der Waals surface area contributed by atoms with E-state index in [-0.39, 0.29) is 24.0 Å². The van der Waals surface area contributed by atoms with Crippen molar-refractivity contribution in [1.29, 1.82) is 0 Å². The van der Waals surface area contributed by atoms with Gasteiger partial charge in [0, 0.05) is 19.1 Å². The summed E-state index contributed by atoms with van der Waals surface area (Å²) in [6.45, 7) is 5.61. The summed E-state index contributed by atoms with van der Waals surface area (Å²) < 4.78 is 5.72. The zero-order chi connectivity index (χ0) is 21.6. The minimum atomic E-state index is -0.0779. The smallest absolute Gasteiger partial charge is 0.258 e. The topological polar surface area (TPSA) is 58.6 Å². The number of aryl methyl sites for hydroxylation is 2. The summed E-state index contributed by atoms with van der Waals surface area (Å²) in [4.78, 5) is 28.0. The highest BCUT2D eigenvalue weighted by Gasteiger charge is 2.55. The zero-order valence-corrected chi connectivity index (χ0v) is 19.0. The highest BCUT2D eigenvalue weighted by Crippen LogP contribution is 2.60. The average molecular weight is 425 g/mol. The van der Waals surface area contributed by atoms with Gasteiger partial charge < -0.3 is 15.0 Å². The second-order valence-electron chi connectivity index (χ2n) is 10.9. The van der Waals surface area contributed by atoms with Crippen LogP contribution < -0.4 is 10.1 Å². The molecule has 5 aliphatic rings. The molecule has 6 rings (SSSR count). The molecule has 1 saturated heterocycles. The largest absolute Gasteiger partial charge is 0.484 e. The molecule has 0 radical (unpaired) electrons. The van der Waals surface area contributed by atoms with Crippen molar-refractivity contribution < 1.29 is 14.3 Å². The summed E-state index contributed by atoms with van der Waals surface area (Å²) in [6.07, 6.45) is 9.17. The Balaban J connectivity index is 1.10. The lowest BCUT2D eigenvalue weighted by Crippen LogP contribution is -2.57. The molecule has 1 aromatic rings. The number of hydrogen-bond acceptors (Lipinski definition) is 3. The maximum absolute atomic E-state index is 13.5. The summed E-state index contributed by atoms with van der Waals surface area (Å²) >= 11 is 0. The molecule has 1 heterocycles. The van der Waals surface area contributed by atoms with Crippen LogP contribution >= 0.6 is 0 Å². The quantitative estimate of drug-likeness (QED) is 0.777. The van der Waals surface area contributed by atoms with Gasteiger partial charge in [-0.1, -0.05) is 17.7 Å². The molecular formula is C26H36N2O3. The van der Waals surface area contributed by atoms with Gasteiger partial charge in [0.15, 0.2) is 6.61 Å². The molecule has 4 aliphatic carbocycles. The Morgan fingerprint density at radius 2 is 1.65 bits per heavy atom. The summed E-state index contributed by atoms with van der Waals surface area (Å²) in [5, 5.41) is 3.11. The molecule has 0 unspecified atom stereocenters. The van der Waals surface area contributed by atoms with E-state index in [4.69, 9.17) is 4.74 Å². The van der Waals surface area contributed by atoms with Crippen LogP contribution in [0.1, 0.15) is 62.5 Å². The number of carbonyl (C=O) groups excluding carboxylic acids is 2. The van der Waals surface area contributed by atoms with E-state index in [1.165, 1.54) is 24.8 Å². The summed E-state index contributed by atoms with van der Waals surface area (Å²) in [5.41, 5.74) is 2.18. The Morgan fingerprint density at radius 3 is 2.23 bits per heavy atom. The second kappa shape index (κ2) is 8.14. The van der Waals surface area contributed by atoms with Crippen molar-refractivity contribution in [3.8, 4) is 5.75 Å². The lowest BCUT2D eigenvalue weighted by molar-refractivity contribution is -0.158. The fraction of sp³-hybridized carbons (Fsp3) is 0.692. The number of rotatable bonds is 5. The highest BCUT2D eigenvalue weighted by atomic mass is 16.5. The number of carbonyl (C=O) groups is 2. The third-order valence-corrected chi connectivity index (χ3v) is 8.33. The molecule has 0 aromatic heterocycles. The number of likely N-dealkylation sites (tertiary alicyclic amines) is 1. The number of hydrogen-bond donors (Lipinski definition) is 1. The van der Waals surface area contributed by atoms with Crippen LogP contribution in [0.5, 0.6) is 5.75 Å². The van der Waals surface area contributed by atoms with Gasteiger partial charge in [-0.25, -0.2) is 0 Å². The Bertz CT molecular complexity index is 821. The average Bonchev–Trinajstić information content (AvgIpc) is 2.72. The van der Waals surface area contributed by atoms with E-state index in [0.717, 1.165) is 74.3 Å². The molecule has 5 heteroatoms. The third-order valence-electron chi connectivity index (χ3n) is 8.33. The summed E-state index contributed by atoms with van der Waals surface area (Å²) in [6, 6.07) is 6.11. The second-order valence-corrected chi connectivity index (χ2v) is 10.9. The normalized spacial score (nSPS) is 32.2. The molecule has 1 aliphatic heterocycles. The maximum atomic E-state index is 13.5. The number of benzene rings is 1. The number of amides is 2. The standard InChI is InChI=1S/C26H36N2O3/c1-17-3-4-23(18(2)9-17)31-16-24(29)27-22-5-7-28(8-6-22)25(30)26-13-19-10-20(14-26)12-21(11-19)15-26/h3-4,9,19-22H,5-8,10-16H2,1-2H3,(H,27,29). The van der Waals surface area contributed by atoms with Crippen molar-refractivity contribution in [2.24, 2.45) is 23.2 Å². The lowest BCUT2D eigenvalue weighted by Gasteiger charge is -2.57. The molecule has 168 valence electrons. The minimum absolute atomic E-state index is 0.0380. The molecule has 5 nitrogen and oxygen atoms in total. The van der Waals surface area contributed by atoms with Gasteiger partial charge in [0.1, 0.15) is 5.75 Å². The highest BCUT2D eigenvalue weighted by molar-refractivity contribution is 5.83. The van der Waals surface area contributed by atoms with Crippen LogP contribution in [0.2, 0.25) is 0 Å². The van der Waals surface area contributed by atoms with Crippen LogP contribution in [0.4, 0.5) is 0 Å². The van der Waals surface area contributed by atoms with Crippen molar-refractivity contribution in [2.45, 2.75) is 71.3 Å². The molecule has 0 spiro atoms. The van der Waals surface area contributed by atoms with E-state index >= 15 is 0 Å². The molecular weight excluding hydrogens is 388 g/mol. The molecule has 4 saturated carbocycles. The van der Waals surface area contributed by atoms with Crippen LogP contribution in [-0.4, -0.2) is 42.5 Å². The molecule has 4 bridgehead atoms. The van der Waals surface area contributed by atoms with Gasteiger partial charge in [0.2, 0.25) is 5.91 Å². The molecule has 1 N–H and O–H groups in total. The lowest BCUT2D eigenvalue weighted by atomic mass is 9.49. The SMILES string of the molecule is Cc1ccc(OCC(=O)NC2CCN(C(=O)C34CC5CC(CC(C5)C3)C4)CC2)c(C)c1. The predicted octanol–water partition coefficient (Wildman–Crippen LogP) is 4.01. The van der Waals surface area contributed by atoms with E-state index in [2.05, 4.69) is 16.3 Å². The Hall–Kier alpha value is -2.04. The number of nitrogens with zero attached hydrogens (tertiary/aromatic N) is 1. The Labute approximate surface area is 185 Å². The van der Waals surface area contributed by atoms with Crippen molar-refractivity contribution in [3.63, 3.8) is 0 Å². The third kappa shape index (κ3) is 4.20. The van der Waals surface area contributed by atoms with Crippen molar-refractivity contribution in [2.75, 3.05) is 19.7 Å².